The van der Waals surface area contributed by atoms with Gasteiger partial charge in [0.05, 0.1) is 24.1 Å². The number of hydrogen-bond donors (Lipinski definition) is 2. The third kappa shape index (κ3) is 8.00. The summed E-state index contributed by atoms with van der Waals surface area (Å²) in [6.45, 7) is 2.66. The van der Waals surface area contributed by atoms with E-state index >= 15 is 0 Å². The van der Waals surface area contributed by atoms with Crippen LogP contribution in [0.4, 0.5) is 24.5 Å². The Hall–Kier alpha value is -4.09. The summed E-state index contributed by atoms with van der Waals surface area (Å²) in [5, 5.41) is 9.26. The van der Waals surface area contributed by atoms with Gasteiger partial charge in [0.15, 0.2) is 5.69 Å². The van der Waals surface area contributed by atoms with Crippen LogP contribution in [0.15, 0.2) is 55.0 Å². The first kappa shape index (κ1) is 26.5. The van der Waals surface area contributed by atoms with E-state index in [9.17, 15) is 22.8 Å². The van der Waals surface area contributed by atoms with Crippen molar-refractivity contribution in [2.24, 2.45) is 0 Å². The molecule has 2 amide bonds. The van der Waals surface area contributed by atoms with Crippen molar-refractivity contribution >= 4 is 23.2 Å². The number of aromatic nitrogens is 3. The summed E-state index contributed by atoms with van der Waals surface area (Å²) in [5.41, 5.74) is 0.265. The molecule has 0 fully saturated rings. The zero-order valence-corrected chi connectivity index (χ0v) is 19.9. The van der Waals surface area contributed by atoms with Gasteiger partial charge in [-0.1, -0.05) is 17.7 Å². The van der Waals surface area contributed by atoms with E-state index in [1.165, 1.54) is 34.1 Å². The van der Waals surface area contributed by atoms with E-state index in [2.05, 4.69) is 20.7 Å². The molecule has 0 unspecified atom stereocenters. The second-order valence-corrected chi connectivity index (χ2v) is 8.03. The van der Waals surface area contributed by atoms with E-state index in [4.69, 9.17) is 4.74 Å². The van der Waals surface area contributed by atoms with Crippen molar-refractivity contribution < 1.29 is 27.5 Å². The third-order valence-corrected chi connectivity index (χ3v) is 5.10. The second-order valence-electron chi connectivity index (χ2n) is 8.03. The normalized spacial score (nSPS) is 11.1. The maximum Gasteiger partial charge on any atom is 0.435 e. The number of pyridine rings is 1. The summed E-state index contributed by atoms with van der Waals surface area (Å²) in [7, 11) is 1.66. The number of anilines is 2. The minimum atomic E-state index is -4.60. The van der Waals surface area contributed by atoms with Crippen LogP contribution in [0.3, 0.4) is 0 Å². The van der Waals surface area contributed by atoms with Crippen molar-refractivity contribution in [3.05, 3.63) is 66.2 Å². The Kier molecular flexibility index (Phi) is 8.87. The van der Waals surface area contributed by atoms with Gasteiger partial charge in [0.25, 0.3) is 0 Å². The number of alkyl halides is 3. The lowest BCUT2D eigenvalue weighted by Gasteiger charge is -2.17. The van der Waals surface area contributed by atoms with Crippen LogP contribution in [-0.2, 0) is 22.3 Å². The van der Waals surface area contributed by atoms with Gasteiger partial charge in [-0.05, 0) is 31.2 Å². The van der Waals surface area contributed by atoms with E-state index in [-0.39, 0.29) is 31.1 Å². The summed E-state index contributed by atoms with van der Waals surface area (Å²) in [5.74, 6) is 0.117. The number of hydrogen-bond acceptors (Lipinski definition) is 6. The lowest BCUT2D eigenvalue weighted by atomic mass is 10.2. The van der Waals surface area contributed by atoms with Crippen LogP contribution in [0.5, 0.6) is 5.75 Å². The Morgan fingerprint density at radius 1 is 1.17 bits per heavy atom. The van der Waals surface area contributed by atoms with E-state index in [1.54, 1.807) is 7.05 Å². The molecule has 2 heterocycles. The molecule has 0 radical (unpaired) electrons. The highest BCUT2D eigenvalue weighted by atomic mass is 19.4. The van der Waals surface area contributed by atoms with Gasteiger partial charge < -0.3 is 20.3 Å². The fourth-order valence-electron chi connectivity index (χ4n) is 3.14. The molecule has 9 nitrogen and oxygen atoms in total. The highest BCUT2D eigenvalue weighted by molar-refractivity contribution is 5.90. The first-order chi connectivity index (χ1) is 17.1. The van der Waals surface area contributed by atoms with E-state index in [0.29, 0.717) is 18.8 Å². The first-order valence-electron chi connectivity index (χ1n) is 11.1. The summed E-state index contributed by atoms with van der Waals surface area (Å²) in [4.78, 5) is 29.5. The molecule has 0 saturated heterocycles. The van der Waals surface area contributed by atoms with Gasteiger partial charge >= 0.3 is 6.18 Å². The molecule has 36 heavy (non-hydrogen) atoms. The minimum Gasteiger partial charge on any atom is -0.492 e. The van der Waals surface area contributed by atoms with Gasteiger partial charge in [0, 0.05) is 32.4 Å². The van der Waals surface area contributed by atoms with Crippen LogP contribution in [0.1, 0.15) is 17.7 Å². The fourth-order valence-corrected chi connectivity index (χ4v) is 3.14. The molecule has 0 aliphatic rings. The zero-order chi connectivity index (χ0) is 26.1. The predicted molar refractivity (Wildman–Crippen MR) is 128 cm³/mol. The number of aryl methyl sites for hydroxylation is 1. The van der Waals surface area contributed by atoms with Crippen molar-refractivity contribution in [1.82, 2.24) is 19.7 Å². The number of nitrogens with one attached hydrogen (secondary N) is 2. The molecule has 12 heteroatoms. The highest BCUT2D eigenvalue weighted by Gasteiger charge is 2.35. The monoisotopic (exact) mass is 504 g/mol. The number of carbonyl (C=O) groups excluding carboxylic acids is 2. The summed E-state index contributed by atoms with van der Waals surface area (Å²) in [6.07, 6.45) is -0.731. The molecule has 2 aromatic heterocycles. The van der Waals surface area contributed by atoms with Gasteiger partial charge in [-0.25, -0.2) is 4.98 Å². The van der Waals surface area contributed by atoms with Crippen LogP contribution in [0.25, 0.3) is 0 Å². The maximum atomic E-state index is 13.0. The van der Waals surface area contributed by atoms with Crippen molar-refractivity contribution in [3.63, 3.8) is 0 Å². The Labute approximate surface area is 206 Å². The average Bonchev–Trinajstić information content (AvgIpc) is 3.26. The molecule has 2 N–H and O–H groups in total. The van der Waals surface area contributed by atoms with Crippen LogP contribution in [-0.4, -0.2) is 58.2 Å². The second kappa shape index (κ2) is 12.0. The number of amides is 2. The van der Waals surface area contributed by atoms with Crippen LogP contribution in [0.2, 0.25) is 0 Å². The lowest BCUT2D eigenvalue weighted by molar-refractivity contribution is -0.140. The van der Waals surface area contributed by atoms with Crippen molar-refractivity contribution in [2.45, 2.75) is 26.1 Å². The first-order valence-corrected chi connectivity index (χ1v) is 11.1. The number of ether oxygens (including phenoxy) is 1. The Balaban J connectivity index is 1.40. The molecule has 192 valence electrons. The quantitative estimate of drug-likeness (QED) is 0.414. The Morgan fingerprint density at radius 3 is 2.64 bits per heavy atom. The molecule has 1 aromatic carbocycles. The zero-order valence-electron chi connectivity index (χ0n) is 19.9. The number of nitrogens with zero attached hydrogens (tertiary/aromatic N) is 4. The molecule has 3 rings (SSSR count). The molecule has 3 aromatic rings. The van der Waals surface area contributed by atoms with Gasteiger partial charge in [-0.2, -0.15) is 18.3 Å². The van der Waals surface area contributed by atoms with E-state index in [0.717, 1.165) is 17.5 Å². The standard InChI is InChI=1S/C24H27F3N6O3/c1-17-5-7-19(8-6-17)36-13-12-32(2)22(35)16-33-15-18(14-30-33)31-21(34)9-11-28-20-4-3-10-29-23(20)24(25,26)27/h3-8,10,14-15,28H,9,11-13,16H2,1-2H3,(H,31,34). The smallest absolute Gasteiger partial charge is 0.435 e. The Bertz CT molecular complexity index is 1160. The van der Waals surface area contributed by atoms with Gasteiger partial charge in [-0.3, -0.25) is 14.3 Å². The molecule has 0 atom stereocenters. The Morgan fingerprint density at radius 2 is 1.92 bits per heavy atom. The number of benzene rings is 1. The van der Waals surface area contributed by atoms with Crippen molar-refractivity contribution in [2.75, 3.05) is 37.4 Å². The molecule has 0 aliphatic carbocycles. The predicted octanol–water partition coefficient (Wildman–Crippen LogP) is 3.58. The van der Waals surface area contributed by atoms with Crippen LogP contribution in [0, 0.1) is 6.92 Å². The largest absolute Gasteiger partial charge is 0.492 e. The fraction of sp³-hybridized carbons (Fsp3) is 0.333. The summed E-state index contributed by atoms with van der Waals surface area (Å²) in [6, 6.07) is 10.2. The van der Waals surface area contributed by atoms with E-state index < -0.39 is 17.8 Å². The topological polar surface area (TPSA) is 101 Å². The molecule has 0 bridgehead atoms. The average molecular weight is 505 g/mol. The van der Waals surface area contributed by atoms with Crippen LogP contribution < -0.4 is 15.4 Å². The number of carbonyl (C=O) groups is 2. The lowest BCUT2D eigenvalue weighted by Crippen LogP contribution is -2.33. The van der Waals surface area contributed by atoms with Crippen molar-refractivity contribution in [3.8, 4) is 5.75 Å². The maximum absolute atomic E-state index is 13.0. The minimum absolute atomic E-state index is 0.0251. The van der Waals surface area contributed by atoms with Gasteiger partial charge in [0.2, 0.25) is 11.8 Å². The SMILES string of the molecule is Cc1ccc(OCCN(C)C(=O)Cn2cc(NC(=O)CCNc3cccnc3C(F)(F)F)cn2)cc1. The van der Waals surface area contributed by atoms with Gasteiger partial charge in [-0.15, -0.1) is 0 Å². The molecular formula is C24H27F3N6O3. The van der Waals surface area contributed by atoms with E-state index in [1.807, 2.05) is 31.2 Å². The summed E-state index contributed by atoms with van der Waals surface area (Å²) >= 11 is 0. The van der Waals surface area contributed by atoms with Crippen molar-refractivity contribution in [1.29, 1.82) is 0 Å². The number of halogens is 3. The van der Waals surface area contributed by atoms with Crippen LogP contribution >= 0.6 is 0 Å². The highest BCUT2D eigenvalue weighted by Crippen LogP contribution is 2.32. The number of rotatable bonds is 11. The molecular weight excluding hydrogens is 477 g/mol. The molecule has 0 aliphatic heterocycles. The number of likely N-dealkylation sites (N-methyl/N-ethyl adjacent to an activating group) is 1. The van der Waals surface area contributed by atoms with Gasteiger partial charge in [0.1, 0.15) is 18.9 Å². The summed E-state index contributed by atoms with van der Waals surface area (Å²) < 4.78 is 46.0. The third-order valence-electron chi connectivity index (χ3n) is 5.10. The molecule has 0 spiro atoms. The molecule has 0 saturated carbocycles.